The summed E-state index contributed by atoms with van der Waals surface area (Å²) < 4.78 is 5.77. The first-order chi connectivity index (χ1) is 17.6. The van der Waals surface area contributed by atoms with E-state index in [4.69, 9.17) is 14.7 Å². The van der Waals surface area contributed by atoms with Gasteiger partial charge in [0.2, 0.25) is 0 Å². The predicted molar refractivity (Wildman–Crippen MR) is 161 cm³/mol. The van der Waals surface area contributed by atoms with Gasteiger partial charge in [-0.25, -0.2) is 0 Å². The summed E-state index contributed by atoms with van der Waals surface area (Å²) in [4.78, 5) is 23.8. The Kier molecular flexibility index (Phi) is 9.42. The quantitative estimate of drug-likeness (QED) is 0.295. The Balaban J connectivity index is 1.50. The third-order valence-corrected chi connectivity index (χ3v) is 12.0. The van der Waals surface area contributed by atoms with Crippen molar-refractivity contribution in [3.8, 4) is 5.75 Å². The van der Waals surface area contributed by atoms with E-state index in [1.807, 2.05) is 36.5 Å². The molecule has 3 aliphatic rings. The lowest BCUT2D eigenvalue weighted by Crippen LogP contribution is -2.51. The molecule has 0 saturated carbocycles. The van der Waals surface area contributed by atoms with Crippen LogP contribution < -0.4 is 4.74 Å². The third-order valence-electron chi connectivity index (χ3n) is 7.73. The first-order valence-corrected chi connectivity index (χ1v) is 16.2. The summed E-state index contributed by atoms with van der Waals surface area (Å²) in [6.07, 6.45) is 4.97. The largest absolute Gasteiger partial charge is 0.496 e. The van der Waals surface area contributed by atoms with Gasteiger partial charge in [-0.05, 0) is 38.4 Å². The van der Waals surface area contributed by atoms with E-state index in [0.717, 1.165) is 45.6 Å². The van der Waals surface area contributed by atoms with Crippen molar-refractivity contribution in [2.24, 2.45) is 15.4 Å². The second-order valence-electron chi connectivity index (χ2n) is 11.1. The first-order valence-electron chi connectivity index (χ1n) is 13.2. The molecule has 0 amide bonds. The number of carbonyl (C=O) groups is 1. The number of aliphatic imine (C=N–C) groups is 2. The van der Waals surface area contributed by atoms with Gasteiger partial charge in [-0.1, -0.05) is 45.7 Å². The van der Waals surface area contributed by atoms with E-state index in [2.05, 4.69) is 44.9 Å². The Morgan fingerprint density at radius 2 is 2.08 bits per heavy atom. The van der Waals surface area contributed by atoms with Gasteiger partial charge in [-0.2, -0.15) is 0 Å². The van der Waals surface area contributed by atoms with Crippen molar-refractivity contribution < 1.29 is 14.6 Å². The van der Waals surface area contributed by atoms with Crippen LogP contribution in [0.15, 0.2) is 28.2 Å². The molecule has 5 atom stereocenters. The van der Waals surface area contributed by atoms with Crippen molar-refractivity contribution in [1.29, 1.82) is 0 Å². The normalized spacial score (nSPS) is 29.3. The van der Waals surface area contributed by atoms with Gasteiger partial charge in [0.25, 0.3) is 0 Å². The number of aliphatic hydroxyl groups is 1. The molecule has 1 aromatic rings. The third kappa shape index (κ3) is 5.96. The molecule has 37 heavy (non-hydrogen) atoms. The zero-order chi connectivity index (χ0) is 26.8. The number of likely N-dealkylation sites (N-methyl/N-ethyl adjacent to an activating group) is 1. The first kappa shape index (κ1) is 29.0. The molecule has 0 aromatic heterocycles. The van der Waals surface area contributed by atoms with Crippen LogP contribution in [0, 0.1) is 5.41 Å². The molecule has 1 N–H and O–H groups in total. The van der Waals surface area contributed by atoms with Crippen molar-refractivity contribution >= 4 is 51.7 Å². The van der Waals surface area contributed by atoms with Crippen molar-refractivity contribution in [2.75, 3.05) is 31.4 Å². The molecule has 4 rings (SSSR count). The summed E-state index contributed by atoms with van der Waals surface area (Å²) in [6, 6.07) is 6.49. The maximum absolute atomic E-state index is 11.6. The number of rotatable bonds is 11. The van der Waals surface area contributed by atoms with Crippen LogP contribution in [-0.2, 0) is 11.2 Å². The molecule has 1 aromatic carbocycles. The monoisotopic (exact) mass is 563 g/mol. The van der Waals surface area contributed by atoms with Crippen LogP contribution in [0.25, 0.3) is 0 Å². The molecule has 0 bridgehead atoms. The molecule has 0 aliphatic carbocycles. The Morgan fingerprint density at radius 1 is 1.30 bits per heavy atom. The highest BCUT2D eigenvalue weighted by Crippen LogP contribution is 2.44. The van der Waals surface area contributed by atoms with E-state index in [9.17, 15) is 9.90 Å². The molecule has 3 heterocycles. The Bertz CT molecular complexity index is 1050. The zero-order valence-electron chi connectivity index (χ0n) is 22.9. The van der Waals surface area contributed by atoms with E-state index < -0.39 is 17.1 Å². The summed E-state index contributed by atoms with van der Waals surface area (Å²) >= 11 is 5.31. The Hall–Kier alpha value is -1.00. The summed E-state index contributed by atoms with van der Waals surface area (Å²) in [6.45, 7) is 8.20. The fourth-order valence-electron chi connectivity index (χ4n) is 5.26. The van der Waals surface area contributed by atoms with Gasteiger partial charge >= 0.3 is 0 Å². The van der Waals surface area contributed by atoms with E-state index in [-0.39, 0.29) is 17.5 Å². The summed E-state index contributed by atoms with van der Waals surface area (Å²) in [5.41, 5.74) is 1.27. The minimum atomic E-state index is -0.685. The number of benzene rings is 1. The number of thioether (sulfide) groups is 3. The van der Waals surface area contributed by atoms with E-state index in [1.54, 1.807) is 18.9 Å². The summed E-state index contributed by atoms with van der Waals surface area (Å²) in [5, 5.41) is 13.7. The lowest BCUT2D eigenvalue weighted by atomic mass is 9.83. The van der Waals surface area contributed by atoms with E-state index >= 15 is 0 Å². The average molecular weight is 564 g/mol. The standard InChI is InChI=1S/C28H41N3O3S3/c1-7-8-9-11-18-12-10-13-21(34-6)22(18)24-29-19(14-35-24)25-31(5)20(15-36-25)23(33)27(2,3)26-30-28(4,16-32)17-37-26/h10,12-13,16,19-20,23,25,33H,7-9,11,14-15,17H2,1-6H3. The topological polar surface area (TPSA) is 74.5 Å². The molecule has 9 heteroatoms. The molecule has 5 unspecified atom stereocenters. The van der Waals surface area contributed by atoms with Gasteiger partial charge in [-0.3, -0.25) is 14.9 Å². The van der Waals surface area contributed by atoms with E-state index in [1.165, 1.54) is 24.8 Å². The molecule has 1 saturated heterocycles. The van der Waals surface area contributed by atoms with Crippen molar-refractivity contribution in [1.82, 2.24) is 4.90 Å². The van der Waals surface area contributed by atoms with Crippen LogP contribution in [0.3, 0.4) is 0 Å². The fraction of sp³-hybridized carbons (Fsp3) is 0.679. The number of hydrogen-bond donors (Lipinski definition) is 1. The number of aldehydes is 1. The molecular weight excluding hydrogens is 523 g/mol. The number of ether oxygens (including phenoxy) is 1. The molecular formula is C28H41N3O3S3. The van der Waals surface area contributed by atoms with Gasteiger partial charge in [0.05, 0.1) is 35.2 Å². The van der Waals surface area contributed by atoms with Crippen LogP contribution in [0.5, 0.6) is 5.75 Å². The average Bonchev–Trinajstić information content (AvgIpc) is 3.62. The number of nitrogens with zero attached hydrogens (tertiary/aromatic N) is 3. The van der Waals surface area contributed by atoms with Gasteiger partial charge in [0.1, 0.15) is 22.6 Å². The number of unbranched alkanes of at least 4 members (excludes halogenated alkanes) is 2. The molecule has 1 fully saturated rings. The minimum absolute atomic E-state index is 0.00324. The number of methoxy groups -OCH3 is 1. The highest BCUT2D eigenvalue weighted by atomic mass is 32.2. The van der Waals surface area contributed by atoms with Crippen LogP contribution in [-0.4, -0.2) is 86.9 Å². The molecule has 6 nitrogen and oxygen atoms in total. The minimum Gasteiger partial charge on any atom is -0.496 e. The lowest BCUT2D eigenvalue weighted by molar-refractivity contribution is -0.111. The van der Waals surface area contributed by atoms with Gasteiger partial charge < -0.3 is 14.6 Å². The van der Waals surface area contributed by atoms with Gasteiger partial charge in [0.15, 0.2) is 0 Å². The van der Waals surface area contributed by atoms with Crippen LogP contribution in [0.2, 0.25) is 0 Å². The summed E-state index contributed by atoms with van der Waals surface area (Å²) in [5.74, 6) is 3.31. The number of aliphatic hydroxyl groups excluding tert-OH is 1. The SMILES string of the molecule is CCCCCc1cccc(OC)c1C1=NC(C2SCC(C(O)C(C)(C)C3=NC(C)(C=O)CS3)N2C)CS1. The zero-order valence-corrected chi connectivity index (χ0v) is 25.3. The number of aryl methyl sites for hydroxylation is 1. The van der Waals surface area contributed by atoms with Crippen LogP contribution in [0.4, 0.5) is 0 Å². The number of hydrogen-bond acceptors (Lipinski definition) is 9. The predicted octanol–water partition coefficient (Wildman–Crippen LogP) is 5.15. The fourth-order valence-corrected chi connectivity index (χ4v) is 9.46. The molecule has 0 spiro atoms. The molecule has 0 radical (unpaired) electrons. The van der Waals surface area contributed by atoms with Crippen molar-refractivity contribution in [2.45, 2.75) is 82.5 Å². The van der Waals surface area contributed by atoms with Gasteiger partial charge in [-0.15, -0.1) is 35.3 Å². The second kappa shape index (κ2) is 12.0. The van der Waals surface area contributed by atoms with Crippen LogP contribution in [0.1, 0.15) is 58.1 Å². The highest BCUT2D eigenvalue weighted by Gasteiger charge is 2.49. The second-order valence-corrected chi connectivity index (χ2v) is 14.2. The van der Waals surface area contributed by atoms with E-state index in [0.29, 0.717) is 5.75 Å². The van der Waals surface area contributed by atoms with Crippen molar-refractivity contribution in [3.63, 3.8) is 0 Å². The van der Waals surface area contributed by atoms with Crippen molar-refractivity contribution in [3.05, 3.63) is 29.3 Å². The maximum atomic E-state index is 11.6. The molecule has 3 aliphatic heterocycles. The Labute approximate surface area is 234 Å². The van der Waals surface area contributed by atoms with Crippen LogP contribution >= 0.6 is 35.3 Å². The summed E-state index contributed by atoms with van der Waals surface area (Å²) in [7, 11) is 3.86. The smallest absolute Gasteiger partial charge is 0.148 e. The number of carbonyl (C=O) groups excluding carboxylic acids is 1. The Morgan fingerprint density at radius 3 is 2.76 bits per heavy atom. The highest BCUT2D eigenvalue weighted by molar-refractivity contribution is 8.15. The maximum Gasteiger partial charge on any atom is 0.148 e. The molecule has 204 valence electrons. The lowest BCUT2D eigenvalue weighted by Gasteiger charge is -2.38. The van der Waals surface area contributed by atoms with Gasteiger partial charge in [0, 0.05) is 28.7 Å².